The van der Waals surface area contributed by atoms with Crippen LogP contribution >= 0.6 is 0 Å². The van der Waals surface area contributed by atoms with Crippen LogP contribution in [0.1, 0.15) is 55.5 Å². The summed E-state index contributed by atoms with van der Waals surface area (Å²) in [5, 5.41) is 7.04. The molecule has 1 aliphatic heterocycles. The van der Waals surface area contributed by atoms with Crippen molar-refractivity contribution in [3.63, 3.8) is 0 Å². The molecule has 1 aromatic carbocycles. The summed E-state index contributed by atoms with van der Waals surface area (Å²) >= 11 is 0. The van der Waals surface area contributed by atoms with Gasteiger partial charge in [0.2, 0.25) is 11.8 Å². The Kier molecular flexibility index (Phi) is 6.27. The molecular weight excluding hydrogens is 513 g/mol. The number of fused-ring (bicyclic) bond motifs is 2. The average molecular weight is 543 g/mol. The number of rotatable bonds is 6. The number of nitrogens with one attached hydrogen (secondary N) is 1. The van der Waals surface area contributed by atoms with Crippen molar-refractivity contribution in [2.45, 2.75) is 78.3 Å². The third-order valence-corrected chi connectivity index (χ3v) is 7.84. The second kappa shape index (κ2) is 9.13. The fourth-order valence-corrected chi connectivity index (χ4v) is 5.57. The molecule has 1 aliphatic carbocycles. The molecule has 206 valence electrons. The maximum Gasteiger partial charge on any atom is 0.408 e. The van der Waals surface area contributed by atoms with Crippen LogP contribution in [0.2, 0.25) is 0 Å². The molecule has 2 aliphatic rings. The van der Waals surface area contributed by atoms with Gasteiger partial charge in [-0.3, -0.25) is 19.1 Å². The molecule has 4 atom stereocenters. The number of carbonyl (C=O) groups excluding carboxylic acids is 3. The Bertz CT molecular complexity index is 1500. The number of piperidine rings is 1. The fraction of sp³-hybridized carbons (Fsp3) is 0.481. The molecule has 2 fully saturated rings. The van der Waals surface area contributed by atoms with Crippen LogP contribution in [-0.2, 0) is 16.1 Å². The van der Waals surface area contributed by atoms with E-state index in [0.29, 0.717) is 29.6 Å². The SMILES string of the molecule is CC(=O)c1nn(CC(=O)N2[C@H](C(=O)N[C@@H](C)C(F)(F)F)C[C@@]3(C)C[C@@H]23)c2c(C)cc(-c3cnc(C)nc3)cc12. The topological polar surface area (TPSA) is 110 Å². The number of alkyl halides is 3. The Morgan fingerprint density at radius 2 is 1.79 bits per heavy atom. The number of nitrogens with zero attached hydrogens (tertiary/aromatic N) is 5. The minimum absolute atomic E-state index is 0.196. The van der Waals surface area contributed by atoms with E-state index in [1.165, 1.54) is 16.5 Å². The highest BCUT2D eigenvalue weighted by Crippen LogP contribution is 2.59. The second-order valence-electron chi connectivity index (χ2n) is 10.9. The maximum atomic E-state index is 13.6. The van der Waals surface area contributed by atoms with Gasteiger partial charge < -0.3 is 10.2 Å². The molecule has 9 nitrogen and oxygen atoms in total. The molecule has 3 heterocycles. The van der Waals surface area contributed by atoms with Gasteiger partial charge in [-0.15, -0.1) is 0 Å². The van der Waals surface area contributed by atoms with Crippen molar-refractivity contribution in [3.05, 3.63) is 41.6 Å². The number of likely N-dealkylation sites (tertiary alicyclic amines) is 1. The summed E-state index contributed by atoms with van der Waals surface area (Å²) in [6.07, 6.45) is -0.241. The summed E-state index contributed by atoms with van der Waals surface area (Å²) in [6.45, 7) is 7.56. The van der Waals surface area contributed by atoms with E-state index < -0.39 is 30.1 Å². The predicted octanol–water partition coefficient (Wildman–Crippen LogP) is 3.76. The van der Waals surface area contributed by atoms with Gasteiger partial charge in [-0.2, -0.15) is 18.3 Å². The summed E-state index contributed by atoms with van der Waals surface area (Å²) in [7, 11) is 0. The van der Waals surface area contributed by atoms with Gasteiger partial charge in [0.05, 0.1) is 5.52 Å². The zero-order valence-electron chi connectivity index (χ0n) is 22.3. The molecule has 3 aromatic rings. The molecule has 39 heavy (non-hydrogen) atoms. The molecular formula is C27H29F3N6O3. The minimum Gasteiger partial charge on any atom is -0.343 e. The molecule has 0 unspecified atom stereocenters. The molecule has 12 heteroatoms. The van der Waals surface area contributed by atoms with E-state index in [-0.39, 0.29) is 29.5 Å². The Hall–Kier alpha value is -3.83. The normalized spacial score (nSPS) is 23.0. The monoisotopic (exact) mass is 542 g/mol. The first-order valence-corrected chi connectivity index (χ1v) is 12.7. The first-order valence-electron chi connectivity index (χ1n) is 12.7. The van der Waals surface area contributed by atoms with Crippen LogP contribution in [-0.4, -0.2) is 66.5 Å². The molecule has 1 saturated carbocycles. The number of carbonyl (C=O) groups is 3. The fourth-order valence-electron chi connectivity index (χ4n) is 5.57. The molecule has 0 radical (unpaired) electrons. The van der Waals surface area contributed by atoms with E-state index >= 15 is 0 Å². The molecule has 5 rings (SSSR count). The predicted molar refractivity (Wildman–Crippen MR) is 136 cm³/mol. The highest BCUT2D eigenvalue weighted by Gasteiger charge is 2.64. The summed E-state index contributed by atoms with van der Waals surface area (Å²) in [6, 6.07) is 0.435. The van der Waals surface area contributed by atoms with Crippen LogP contribution in [0.4, 0.5) is 13.2 Å². The van der Waals surface area contributed by atoms with Crippen molar-refractivity contribution >= 4 is 28.5 Å². The lowest BCUT2D eigenvalue weighted by molar-refractivity contribution is -0.160. The van der Waals surface area contributed by atoms with E-state index in [4.69, 9.17) is 0 Å². The Balaban J connectivity index is 1.47. The number of ketones is 1. The van der Waals surface area contributed by atoms with E-state index in [1.807, 2.05) is 31.3 Å². The smallest absolute Gasteiger partial charge is 0.343 e. The first-order chi connectivity index (χ1) is 18.2. The van der Waals surface area contributed by atoms with Crippen LogP contribution in [0.15, 0.2) is 24.5 Å². The molecule has 2 amide bonds. The van der Waals surface area contributed by atoms with Gasteiger partial charge in [-0.1, -0.05) is 6.92 Å². The number of amides is 2. The summed E-state index contributed by atoms with van der Waals surface area (Å²) in [5.41, 5.74) is 2.79. The first kappa shape index (κ1) is 26.8. The van der Waals surface area contributed by atoms with Crippen LogP contribution in [0.5, 0.6) is 0 Å². The maximum absolute atomic E-state index is 13.6. The standard InChI is InChI=1S/C27H29F3N6O3/c1-13-6-17(18-10-31-16(4)32-11-18)7-19-23(14(2)37)34-35(24(13)19)12-22(38)36-20(8-26(5)9-21(26)36)25(39)33-15(3)27(28,29)30/h6-7,10-11,15,20-21H,8-9,12H2,1-5H3,(H,33,39)/t15-,20-,21+,26-/m0/s1. The van der Waals surface area contributed by atoms with Crippen LogP contribution < -0.4 is 5.32 Å². The Labute approximate surface area is 222 Å². The van der Waals surface area contributed by atoms with Gasteiger partial charge >= 0.3 is 6.18 Å². The number of Topliss-reactive ketones (excluding diaryl/α,β-unsaturated/α-hetero) is 1. The average Bonchev–Trinajstić information content (AvgIpc) is 3.20. The molecule has 0 bridgehead atoms. The van der Waals surface area contributed by atoms with Gasteiger partial charge in [0.1, 0.15) is 30.1 Å². The molecule has 0 spiro atoms. The molecule has 1 saturated heterocycles. The van der Waals surface area contributed by atoms with Crippen molar-refractivity contribution in [2.75, 3.05) is 0 Å². The molecule has 1 N–H and O–H groups in total. The quantitative estimate of drug-likeness (QED) is 0.475. The lowest BCUT2D eigenvalue weighted by Crippen LogP contribution is -2.53. The van der Waals surface area contributed by atoms with E-state index in [0.717, 1.165) is 23.6 Å². The summed E-state index contributed by atoms with van der Waals surface area (Å²) in [4.78, 5) is 48.8. The van der Waals surface area contributed by atoms with Gasteiger partial charge in [-0.25, -0.2) is 9.97 Å². The number of hydrogen-bond acceptors (Lipinski definition) is 6. The van der Waals surface area contributed by atoms with Gasteiger partial charge in [0.25, 0.3) is 0 Å². The zero-order chi connectivity index (χ0) is 28.4. The van der Waals surface area contributed by atoms with Crippen LogP contribution in [0.25, 0.3) is 22.0 Å². The highest BCUT2D eigenvalue weighted by atomic mass is 19.4. The van der Waals surface area contributed by atoms with Crippen molar-refractivity contribution in [1.29, 1.82) is 0 Å². The van der Waals surface area contributed by atoms with E-state index in [9.17, 15) is 27.6 Å². The van der Waals surface area contributed by atoms with Crippen molar-refractivity contribution in [3.8, 4) is 11.1 Å². The second-order valence-corrected chi connectivity index (χ2v) is 10.9. The molecule has 2 aromatic heterocycles. The van der Waals surface area contributed by atoms with Crippen molar-refractivity contribution in [2.24, 2.45) is 5.41 Å². The summed E-state index contributed by atoms with van der Waals surface area (Å²) < 4.78 is 40.7. The van der Waals surface area contributed by atoms with Gasteiger partial charge in [0, 0.05) is 36.3 Å². The van der Waals surface area contributed by atoms with Crippen molar-refractivity contribution < 1.29 is 27.6 Å². The van der Waals surface area contributed by atoms with Gasteiger partial charge in [-0.05, 0) is 62.3 Å². The number of aryl methyl sites for hydroxylation is 2. The number of benzene rings is 1. The van der Waals surface area contributed by atoms with E-state index in [1.54, 1.807) is 19.3 Å². The summed E-state index contributed by atoms with van der Waals surface area (Å²) in [5.74, 6) is -0.911. The lowest BCUT2D eigenvalue weighted by atomic mass is 10.0. The Morgan fingerprint density at radius 3 is 2.41 bits per heavy atom. The number of hydrogen-bond donors (Lipinski definition) is 1. The lowest BCUT2D eigenvalue weighted by Gasteiger charge is -2.28. The third-order valence-electron chi connectivity index (χ3n) is 7.84. The largest absolute Gasteiger partial charge is 0.408 e. The van der Waals surface area contributed by atoms with Crippen LogP contribution in [0, 0.1) is 19.3 Å². The van der Waals surface area contributed by atoms with Crippen LogP contribution in [0.3, 0.4) is 0 Å². The van der Waals surface area contributed by atoms with E-state index in [2.05, 4.69) is 15.1 Å². The third kappa shape index (κ3) is 4.76. The Morgan fingerprint density at radius 1 is 1.13 bits per heavy atom. The number of aromatic nitrogens is 4. The number of halogens is 3. The highest BCUT2D eigenvalue weighted by molar-refractivity contribution is 6.07. The van der Waals surface area contributed by atoms with Crippen molar-refractivity contribution in [1.82, 2.24) is 30.0 Å². The van der Waals surface area contributed by atoms with Gasteiger partial charge in [0.15, 0.2) is 5.78 Å². The zero-order valence-corrected chi connectivity index (χ0v) is 22.3. The minimum atomic E-state index is -4.59.